The maximum atomic E-state index is 5.65. The van der Waals surface area contributed by atoms with E-state index in [0.29, 0.717) is 0 Å². The molecule has 0 unspecified atom stereocenters. The van der Waals surface area contributed by atoms with Gasteiger partial charge >= 0.3 is 79.5 Å². The van der Waals surface area contributed by atoms with Crippen LogP contribution < -0.4 is 0 Å². The molecule has 1 aromatic rings. The van der Waals surface area contributed by atoms with Gasteiger partial charge in [-0.3, -0.25) is 0 Å². The van der Waals surface area contributed by atoms with Crippen LogP contribution in [0.3, 0.4) is 0 Å². The third-order valence-electron chi connectivity index (χ3n) is 1.18. The molecule has 1 aromatic carbocycles. The van der Waals surface area contributed by atoms with Crippen LogP contribution in [0.1, 0.15) is 5.56 Å². The van der Waals surface area contributed by atoms with Crippen molar-refractivity contribution < 1.29 is 0 Å². The van der Waals surface area contributed by atoms with Crippen molar-refractivity contribution in [2.45, 2.75) is 0 Å². The van der Waals surface area contributed by atoms with E-state index in [4.69, 9.17) is 19.9 Å². The van der Waals surface area contributed by atoms with Gasteiger partial charge in [-0.2, -0.15) is 0 Å². The van der Waals surface area contributed by atoms with Crippen LogP contribution in [0, 0.1) is 0 Å². The minimum atomic E-state index is -1.63. The Morgan fingerprint density at radius 1 is 1.09 bits per heavy atom. The summed E-state index contributed by atoms with van der Waals surface area (Å²) in [6.45, 7) is 0. The molecule has 0 saturated heterocycles. The first-order chi connectivity index (χ1) is 5.29. The second-order valence-corrected chi connectivity index (χ2v) is 8.38. The zero-order valence-corrected chi connectivity index (χ0v) is 9.13. The average molecular weight is 249 g/mol. The Balaban J connectivity index is 2.65. The third kappa shape index (κ3) is 3.86. The second kappa shape index (κ2) is 4.87. The summed E-state index contributed by atoms with van der Waals surface area (Å²) in [6, 6.07) is 9.98. The molecule has 0 fully saturated rings. The first-order valence-electron chi connectivity index (χ1n) is 3.13. The van der Waals surface area contributed by atoms with Crippen molar-refractivity contribution >= 4 is 38.7 Å². The molecule has 58 valence electrons. The van der Waals surface area contributed by atoms with Gasteiger partial charge in [-0.1, -0.05) is 0 Å². The average Bonchev–Trinajstić information content (AvgIpc) is 2.03. The van der Waals surface area contributed by atoms with E-state index < -0.39 is 12.8 Å². The Morgan fingerprint density at radius 3 is 2.27 bits per heavy atom. The molecule has 0 amide bonds. The van der Waals surface area contributed by atoms with Crippen LogP contribution in [0.25, 0.3) is 6.08 Å². The Labute approximate surface area is 79.4 Å². The molecular weight excluding hydrogens is 242 g/mol. The summed E-state index contributed by atoms with van der Waals surface area (Å²) in [4.78, 5) is 1.88. The predicted molar refractivity (Wildman–Crippen MR) is 52.9 cm³/mol. The number of benzene rings is 1. The number of rotatable bonds is 2. The summed E-state index contributed by atoms with van der Waals surface area (Å²) < 4.78 is 0. The van der Waals surface area contributed by atoms with Crippen LogP contribution in [0.4, 0.5) is 0 Å². The van der Waals surface area contributed by atoms with E-state index in [-0.39, 0.29) is 0 Å². The van der Waals surface area contributed by atoms with Crippen molar-refractivity contribution in [3.8, 4) is 0 Å². The molecule has 1 rings (SSSR count). The fourth-order valence-electron chi connectivity index (χ4n) is 0.707. The fraction of sp³-hybridized carbons (Fsp3) is 0. The summed E-state index contributed by atoms with van der Waals surface area (Å²) in [6.07, 6.45) is 1.96. The summed E-state index contributed by atoms with van der Waals surface area (Å²) in [5.41, 5.74) is 1.15. The van der Waals surface area contributed by atoms with Crippen molar-refractivity contribution in [1.82, 2.24) is 0 Å². The van der Waals surface area contributed by atoms with Gasteiger partial charge in [-0.15, -0.1) is 0 Å². The van der Waals surface area contributed by atoms with Gasteiger partial charge in [0.05, 0.1) is 0 Å². The molecule has 0 aliphatic heterocycles. The molecule has 0 atom stereocenters. The van der Waals surface area contributed by atoms with E-state index in [1.54, 1.807) is 0 Å². The summed E-state index contributed by atoms with van der Waals surface area (Å²) in [7, 11) is 11.3. The van der Waals surface area contributed by atoms with Crippen molar-refractivity contribution in [3.63, 3.8) is 0 Å². The minimum absolute atomic E-state index is 1.15. The molecule has 0 bridgehead atoms. The van der Waals surface area contributed by atoms with E-state index in [1.165, 1.54) is 0 Å². The Kier molecular flexibility index (Phi) is 4.07. The molecule has 0 N–H and O–H groups in total. The summed E-state index contributed by atoms with van der Waals surface area (Å²) >= 11 is -1.63. The van der Waals surface area contributed by atoms with E-state index in [0.717, 1.165) is 5.56 Å². The van der Waals surface area contributed by atoms with E-state index in [9.17, 15) is 0 Å². The first-order valence-corrected chi connectivity index (χ1v) is 9.14. The Bertz CT molecular complexity index is 231. The zero-order valence-electron chi connectivity index (χ0n) is 5.74. The molecule has 0 spiro atoms. The van der Waals surface area contributed by atoms with Crippen molar-refractivity contribution in [2.24, 2.45) is 0 Å². The van der Waals surface area contributed by atoms with E-state index in [2.05, 4.69) is 0 Å². The normalized spacial score (nSPS) is 11.2. The van der Waals surface area contributed by atoms with Crippen LogP contribution in [-0.4, -0.2) is 12.8 Å². The zero-order chi connectivity index (χ0) is 8.10. The molecule has 0 nitrogen and oxygen atoms in total. The SMILES string of the molecule is Cl[As](Cl)C=Cc1ccccc1. The quantitative estimate of drug-likeness (QED) is 0.706. The Morgan fingerprint density at radius 2 is 1.73 bits per heavy atom. The van der Waals surface area contributed by atoms with Gasteiger partial charge in [-0.05, 0) is 0 Å². The van der Waals surface area contributed by atoms with Crippen molar-refractivity contribution in [2.75, 3.05) is 0 Å². The standard InChI is InChI=1S/C8H7AsCl2/c10-9(11)7-6-8-4-2-1-3-5-8/h1-7H. The van der Waals surface area contributed by atoms with Gasteiger partial charge in [-0.25, -0.2) is 0 Å². The van der Waals surface area contributed by atoms with Gasteiger partial charge in [0, 0.05) is 0 Å². The first kappa shape index (κ1) is 9.19. The number of halogens is 2. The van der Waals surface area contributed by atoms with Gasteiger partial charge in [0.25, 0.3) is 0 Å². The molecule has 0 aromatic heterocycles. The molecule has 0 aliphatic carbocycles. The molecule has 0 saturated carbocycles. The van der Waals surface area contributed by atoms with Crippen LogP contribution in [-0.2, 0) is 0 Å². The third-order valence-corrected chi connectivity index (χ3v) is 3.14. The molecule has 0 aliphatic rings. The molecule has 0 heterocycles. The summed E-state index contributed by atoms with van der Waals surface area (Å²) in [5, 5.41) is 0. The van der Waals surface area contributed by atoms with Crippen LogP contribution in [0.15, 0.2) is 35.2 Å². The topological polar surface area (TPSA) is 0 Å². The van der Waals surface area contributed by atoms with Gasteiger partial charge in [0.1, 0.15) is 0 Å². The predicted octanol–water partition coefficient (Wildman–Crippen LogP) is 3.20. The van der Waals surface area contributed by atoms with Gasteiger partial charge in [0.2, 0.25) is 0 Å². The van der Waals surface area contributed by atoms with Crippen LogP contribution in [0.2, 0.25) is 0 Å². The molecule has 11 heavy (non-hydrogen) atoms. The second-order valence-electron chi connectivity index (χ2n) is 1.99. The van der Waals surface area contributed by atoms with Crippen LogP contribution in [0.5, 0.6) is 0 Å². The van der Waals surface area contributed by atoms with E-state index >= 15 is 0 Å². The summed E-state index contributed by atoms with van der Waals surface area (Å²) in [5.74, 6) is 0. The number of hydrogen-bond donors (Lipinski definition) is 0. The maximum absolute atomic E-state index is 5.65. The van der Waals surface area contributed by atoms with Crippen molar-refractivity contribution in [3.05, 3.63) is 40.8 Å². The Hall–Kier alpha value is 0.0984. The van der Waals surface area contributed by atoms with Gasteiger partial charge < -0.3 is 0 Å². The monoisotopic (exact) mass is 248 g/mol. The molecule has 0 radical (unpaired) electrons. The molecule has 3 heteroatoms. The van der Waals surface area contributed by atoms with E-state index in [1.807, 2.05) is 41.3 Å². The number of hydrogen-bond acceptors (Lipinski definition) is 0. The molecular formula is C8H7AsCl2. The van der Waals surface area contributed by atoms with Crippen molar-refractivity contribution in [1.29, 1.82) is 0 Å². The van der Waals surface area contributed by atoms with Crippen LogP contribution >= 0.6 is 19.9 Å². The van der Waals surface area contributed by atoms with Gasteiger partial charge in [0.15, 0.2) is 0 Å². The fourth-order valence-corrected chi connectivity index (χ4v) is 1.89.